The number of non-ortho nitro benzene ring substituents is 1. The van der Waals surface area contributed by atoms with Crippen LogP contribution in [0.25, 0.3) is 0 Å². The lowest BCUT2D eigenvalue weighted by Gasteiger charge is -2.35. The maximum atomic E-state index is 13.4. The van der Waals surface area contributed by atoms with Crippen molar-refractivity contribution in [2.75, 3.05) is 34.4 Å². The van der Waals surface area contributed by atoms with Crippen LogP contribution in [0.5, 0.6) is 0 Å². The fourth-order valence-electron chi connectivity index (χ4n) is 4.31. The highest BCUT2D eigenvalue weighted by Gasteiger charge is 2.40. The molecule has 0 bridgehead atoms. The van der Waals surface area contributed by atoms with Crippen LogP contribution in [0.15, 0.2) is 77.1 Å². The van der Waals surface area contributed by atoms with E-state index in [0.717, 1.165) is 5.56 Å². The van der Waals surface area contributed by atoms with Crippen LogP contribution in [0.1, 0.15) is 30.9 Å². The number of hydrogen-bond donors (Lipinski definition) is 0. The summed E-state index contributed by atoms with van der Waals surface area (Å²) in [5, 5.41) is 11.4. The normalized spacial score (nSPS) is 15.8. The molecular formula is C27H31N3O6. The second kappa shape index (κ2) is 11.6. The van der Waals surface area contributed by atoms with Crippen molar-refractivity contribution in [2.45, 2.75) is 26.3 Å². The van der Waals surface area contributed by atoms with Crippen LogP contribution < -0.4 is 0 Å². The number of nitro benzene ring substituents is 1. The second-order valence-electron chi connectivity index (χ2n) is 8.69. The highest BCUT2D eigenvalue weighted by molar-refractivity contribution is 5.99. The smallest absolute Gasteiger partial charge is 0.336 e. The number of esters is 2. The number of methoxy groups -OCH3 is 1. The van der Waals surface area contributed by atoms with Gasteiger partial charge in [-0.1, -0.05) is 42.5 Å². The summed E-state index contributed by atoms with van der Waals surface area (Å²) in [5.41, 5.74) is 3.11. The van der Waals surface area contributed by atoms with Crippen molar-refractivity contribution < 1.29 is 24.0 Å². The summed E-state index contributed by atoms with van der Waals surface area (Å²) in [5.74, 6) is -2.07. The van der Waals surface area contributed by atoms with Gasteiger partial charge in [0.25, 0.3) is 5.69 Å². The standard InChI is InChI=1S/C27H31N3O6/c1-18-23(26(31)35-5)25(21-12-9-13-22(16-21)30(33)34)24(19(2)29(18)4)27(32)36-15-14-28(3)17-20-10-7-6-8-11-20/h6-13,16,25H,14-15,17H2,1-5H3. The zero-order valence-corrected chi connectivity index (χ0v) is 21.2. The first-order valence-electron chi connectivity index (χ1n) is 11.5. The molecule has 1 aliphatic rings. The largest absolute Gasteiger partial charge is 0.466 e. The number of nitro groups is 1. The quantitative estimate of drug-likeness (QED) is 0.293. The topological polar surface area (TPSA) is 102 Å². The number of nitrogens with zero attached hydrogens (tertiary/aromatic N) is 3. The summed E-state index contributed by atoms with van der Waals surface area (Å²) in [4.78, 5) is 41.0. The van der Waals surface area contributed by atoms with Crippen LogP contribution in [-0.4, -0.2) is 61.0 Å². The third-order valence-corrected chi connectivity index (χ3v) is 6.40. The summed E-state index contributed by atoms with van der Waals surface area (Å²) in [6.07, 6.45) is 0. The number of likely N-dealkylation sites (N-methyl/N-ethyl adjacent to an activating group) is 1. The lowest BCUT2D eigenvalue weighted by molar-refractivity contribution is -0.384. The van der Waals surface area contributed by atoms with Crippen molar-refractivity contribution in [2.24, 2.45) is 0 Å². The molecule has 9 heteroatoms. The minimum absolute atomic E-state index is 0.138. The Labute approximate surface area is 210 Å². The maximum Gasteiger partial charge on any atom is 0.336 e. The molecule has 1 atom stereocenters. The summed E-state index contributed by atoms with van der Waals surface area (Å²) in [7, 11) is 4.95. The summed E-state index contributed by atoms with van der Waals surface area (Å²) in [6.45, 7) is 4.86. The second-order valence-corrected chi connectivity index (χ2v) is 8.69. The Kier molecular flexibility index (Phi) is 8.60. The molecule has 0 N–H and O–H groups in total. The van der Waals surface area contributed by atoms with Gasteiger partial charge in [-0.3, -0.25) is 15.0 Å². The lowest BCUT2D eigenvalue weighted by Crippen LogP contribution is -2.34. The Morgan fingerprint density at radius 3 is 2.28 bits per heavy atom. The molecule has 2 aromatic carbocycles. The van der Waals surface area contributed by atoms with Gasteiger partial charge in [-0.25, -0.2) is 9.59 Å². The first kappa shape index (κ1) is 26.6. The summed E-state index contributed by atoms with van der Waals surface area (Å²) < 4.78 is 10.7. The van der Waals surface area contributed by atoms with Gasteiger partial charge in [0.1, 0.15) is 6.61 Å². The molecule has 0 radical (unpaired) electrons. The molecule has 1 heterocycles. The van der Waals surface area contributed by atoms with Crippen molar-refractivity contribution in [3.05, 3.63) is 98.4 Å². The van der Waals surface area contributed by atoms with Crippen LogP contribution >= 0.6 is 0 Å². The third kappa shape index (κ3) is 5.80. The number of hydrogen-bond acceptors (Lipinski definition) is 8. The number of carbonyl (C=O) groups excluding carboxylic acids is 2. The molecule has 36 heavy (non-hydrogen) atoms. The average Bonchev–Trinajstić information content (AvgIpc) is 2.87. The molecule has 190 valence electrons. The van der Waals surface area contributed by atoms with Gasteiger partial charge >= 0.3 is 11.9 Å². The number of ether oxygens (including phenoxy) is 2. The summed E-state index contributed by atoms with van der Waals surface area (Å²) in [6, 6.07) is 15.9. The van der Waals surface area contributed by atoms with Gasteiger partial charge in [0.2, 0.25) is 0 Å². The van der Waals surface area contributed by atoms with Crippen LogP contribution in [-0.2, 0) is 25.6 Å². The fraction of sp³-hybridized carbons (Fsp3) is 0.333. The van der Waals surface area contributed by atoms with E-state index in [1.807, 2.05) is 42.3 Å². The Balaban J connectivity index is 1.89. The van der Waals surface area contributed by atoms with Gasteiger partial charge < -0.3 is 14.4 Å². The zero-order chi connectivity index (χ0) is 26.4. The molecular weight excluding hydrogens is 462 g/mol. The van der Waals surface area contributed by atoms with E-state index in [2.05, 4.69) is 0 Å². The minimum atomic E-state index is -0.872. The van der Waals surface area contributed by atoms with Crippen molar-refractivity contribution in [1.29, 1.82) is 0 Å². The SMILES string of the molecule is COC(=O)C1=C(C)N(C)C(C)=C(C(=O)OCCN(C)Cc2ccccc2)C1c1cccc([N+](=O)[O-])c1. The van der Waals surface area contributed by atoms with Crippen molar-refractivity contribution in [3.63, 3.8) is 0 Å². The number of carbonyl (C=O) groups is 2. The molecule has 1 aliphatic heterocycles. The van der Waals surface area contributed by atoms with Crippen molar-refractivity contribution in [3.8, 4) is 0 Å². The third-order valence-electron chi connectivity index (χ3n) is 6.40. The van der Waals surface area contributed by atoms with Crippen LogP contribution in [0.4, 0.5) is 5.69 Å². The Morgan fingerprint density at radius 2 is 1.67 bits per heavy atom. The van der Waals surface area contributed by atoms with E-state index in [4.69, 9.17) is 9.47 Å². The molecule has 0 saturated carbocycles. The first-order chi connectivity index (χ1) is 17.1. The number of allylic oxidation sites excluding steroid dienone is 2. The highest BCUT2D eigenvalue weighted by atomic mass is 16.6. The molecule has 0 aliphatic carbocycles. The molecule has 0 spiro atoms. The average molecular weight is 494 g/mol. The molecule has 2 aromatic rings. The van der Waals surface area contributed by atoms with Gasteiger partial charge in [0, 0.05) is 43.7 Å². The molecule has 0 saturated heterocycles. The number of benzene rings is 2. The van der Waals surface area contributed by atoms with Gasteiger partial charge in [-0.05, 0) is 32.0 Å². The van der Waals surface area contributed by atoms with Gasteiger partial charge in [0.05, 0.1) is 29.1 Å². The maximum absolute atomic E-state index is 13.4. The van der Waals surface area contributed by atoms with Crippen LogP contribution in [0.2, 0.25) is 0 Å². The predicted molar refractivity (Wildman–Crippen MR) is 135 cm³/mol. The van der Waals surface area contributed by atoms with E-state index in [-0.39, 0.29) is 23.4 Å². The van der Waals surface area contributed by atoms with E-state index < -0.39 is 22.8 Å². The first-order valence-corrected chi connectivity index (χ1v) is 11.5. The lowest BCUT2D eigenvalue weighted by atomic mass is 9.79. The Bertz CT molecular complexity index is 1200. The van der Waals surface area contributed by atoms with Crippen LogP contribution in [0, 0.1) is 10.1 Å². The summed E-state index contributed by atoms with van der Waals surface area (Å²) >= 11 is 0. The van der Waals surface area contributed by atoms with Gasteiger partial charge in [-0.2, -0.15) is 0 Å². The highest BCUT2D eigenvalue weighted by Crippen LogP contribution is 2.42. The van der Waals surface area contributed by atoms with E-state index in [1.54, 1.807) is 31.9 Å². The van der Waals surface area contributed by atoms with Crippen molar-refractivity contribution >= 4 is 17.6 Å². The van der Waals surface area contributed by atoms with Gasteiger partial charge in [-0.15, -0.1) is 0 Å². The molecule has 0 amide bonds. The van der Waals surface area contributed by atoms with Gasteiger partial charge in [0.15, 0.2) is 0 Å². The van der Waals surface area contributed by atoms with E-state index in [1.165, 1.54) is 25.3 Å². The van der Waals surface area contributed by atoms with Crippen molar-refractivity contribution in [1.82, 2.24) is 9.80 Å². The molecule has 0 fully saturated rings. The Hall–Kier alpha value is -3.98. The molecule has 9 nitrogen and oxygen atoms in total. The molecule has 1 unspecified atom stereocenters. The fourth-order valence-corrected chi connectivity index (χ4v) is 4.31. The molecule has 0 aromatic heterocycles. The van der Waals surface area contributed by atoms with E-state index in [9.17, 15) is 19.7 Å². The zero-order valence-electron chi connectivity index (χ0n) is 21.2. The monoisotopic (exact) mass is 493 g/mol. The minimum Gasteiger partial charge on any atom is -0.466 e. The van der Waals surface area contributed by atoms with Crippen LogP contribution in [0.3, 0.4) is 0 Å². The number of rotatable bonds is 9. The Morgan fingerprint density at radius 1 is 1.03 bits per heavy atom. The van der Waals surface area contributed by atoms with E-state index >= 15 is 0 Å². The van der Waals surface area contributed by atoms with E-state index in [0.29, 0.717) is 30.0 Å². The predicted octanol–water partition coefficient (Wildman–Crippen LogP) is 4.02. The molecule has 3 rings (SSSR count).